The largest absolute Gasteiger partial charge is 0.324 e. The van der Waals surface area contributed by atoms with Gasteiger partial charge in [-0.3, -0.25) is 0 Å². The Morgan fingerprint density at radius 1 is 1.10 bits per heavy atom. The summed E-state index contributed by atoms with van der Waals surface area (Å²) in [5, 5.41) is 8.76. The van der Waals surface area contributed by atoms with Crippen LogP contribution in [0.2, 0.25) is 0 Å². The molecule has 3 rings (SSSR count). The second-order valence-electron chi connectivity index (χ2n) is 5.15. The van der Waals surface area contributed by atoms with E-state index in [-0.39, 0.29) is 0 Å². The van der Waals surface area contributed by atoms with Crippen molar-refractivity contribution < 1.29 is 0 Å². The van der Waals surface area contributed by atoms with Gasteiger partial charge in [-0.25, -0.2) is 4.98 Å². The zero-order valence-corrected chi connectivity index (χ0v) is 12.1. The fraction of sp³-hybridized carbons (Fsp3) is 0.222. The van der Waals surface area contributed by atoms with E-state index in [1.54, 1.807) is 0 Å². The highest BCUT2D eigenvalue weighted by Crippen LogP contribution is 2.27. The molecule has 3 heteroatoms. The van der Waals surface area contributed by atoms with Crippen LogP contribution in [0.4, 0.5) is 0 Å². The van der Waals surface area contributed by atoms with Crippen LogP contribution in [0.15, 0.2) is 48.5 Å². The van der Waals surface area contributed by atoms with Crippen LogP contribution in [0.1, 0.15) is 18.4 Å². The van der Waals surface area contributed by atoms with Crippen molar-refractivity contribution in [2.24, 2.45) is 0 Å². The third-order valence-electron chi connectivity index (χ3n) is 3.71. The summed E-state index contributed by atoms with van der Waals surface area (Å²) in [6.07, 6.45) is 1.41. The maximum absolute atomic E-state index is 8.76. The van der Waals surface area contributed by atoms with Gasteiger partial charge in [-0.15, -0.1) is 0 Å². The number of para-hydroxylation sites is 2. The summed E-state index contributed by atoms with van der Waals surface area (Å²) in [5.74, 6) is 0.993. The highest BCUT2D eigenvalue weighted by atomic mass is 15.1. The standard InChI is InChI=1S/C18H17N3/c1-14-8-2-3-9-15(14)18-20-16-10-4-5-11-17(16)21(18)13-7-6-12-19/h2-5,8-11H,6-7,13H2,1H3. The zero-order chi connectivity index (χ0) is 14.7. The Hall–Kier alpha value is -2.60. The predicted octanol–water partition coefficient (Wildman–Crippen LogP) is 4.32. The van der Waals surface area contributed by atoms with E-state index in [0.717, 1.165) is 35.4 Å². The predicted molar refractivity (Wildman–Crippen MR) is 84.8 cm³/mol. The first-order chi connectivity index (χ1) is 10.3. The van der Waals surface area contributed by atoms with Crippen molar-refractivity contribution in [1.29, 1.82) is 5.26 Å². The minimum absolute atomic E-state index is 0.569. The van der Waals surface area contributed by atoms with Gasteiger partial charge < -0.3 is 4.57 Å². The number of fused-ring (bicyclic) bond motifs is 1. The average molecular weight is 275 g/mol. The van der Waals surface area contributed by atoms with Crippen LogP contribution in [-0.4, -0.2) is 9.55 Å². The fourth-order valence-electron chi connectivity index (χ4n) is 2.65. The molecule has 21 heavy (non-hydrogen) atoms. The SMILES string of the molecule is Cc1ccccc1-c1nc2ccccc2n1CCCC#N. The molecular formula is C18H17N3. The number of imidazole rings is 1. The Balaban J connectivity index is 2.15. The molecule has 0 atom stereocenters. The molecule has 0 aliphatic rings. The van der Waals surface area contributed by atoms with Gasteiger partial charge in [0.05, 0.1) is 17.1 Å². The zero-order valence-electron chi connectivity index (χ0n) is 12.1. The Morgan fingerprint density at radius 2 is 1.86 bits per heavy atom. The maximum atomic E-state index is 8.76. The Labute approximate surface area is 124 Å². The molecular weight excluding hydrogens is 258 g/mol. The molecule has 0 N–H and O–H groups in total. The third kappa shape index (κ3) is 2.53. The third-order valence-corrected chi connectivity index (χ3v) is 3.71. The molecule has 0 aliphatic carbocycles. The van der Waals surface area contributed by atoms with Gasteiger partial charge in [-0.2, -0.15) is 5.26 Å². The van der Waals surface area contributed by atoms with Gasteiger partial charge >= 0.3 is 0 Å². The molecule has 1 heterocycles. The molecule has 0 radical (unpaired) electrons. The summed E-state index contributed by atoms with van der Waals surface area (Å²) in [6, 6.07) is 18.7. The van der Waals surface area contributed by atoms with Crippen molar-refractivity contribution in [1.82, 2.24) is 9.55 Å². The number of rotatable bonds is 4. The molecule has 1 aromatic heterocycles. The molecule has 0 unspecified atom stereocenters. The van der Waals surface area contributed by atoms with Crippen molar-refractivity contribution in [3.05, 3.63) is 54.1 Å². The molecule has 0 saturated heterocycles. The van der Waals surface area contributed by atoms with Gasteiger partial charge in [0.15, 0.2) is 0 Å². The number of nitrogens with zero attached hydrogens (tertiary/aromatic N) is 3. The van der Waals surface area contributed by atoms with Crippen LogP contribution in [0.5, 0.6) is 0 Å². The average Bonchev–Trinajstić information content (AvgIpc) is 2.87. The van der Waals surface area contributed by atoms with Crippen molar-refractivity contribution in [3.8, 4) is 17.5 Å². The first-order valence-electron chi connectivity index (χ1n) is 7.19. The maximum Gasteiger partial charge on any atom is 0.141 e. The van der Waals surface area contributed by atoms with E-state index in [1.165, 1.54) is 5.56 Å². The van der Waals surface area contributed by atoms with Crippen LogP contribution < -0.4 is 0 Å². The molecule has 0 bridgehead atoms. The van der Waals surface area contributed by atoms with Crippen LogP contribution in [0, 0.1) is 18.3 Å². The molecule has 0 amide bonds. The number of hydrogen-bond acceptors (Lipinski definition) is 2. The minimum atomic E-state index is 0.569. The molecule has 0 spiro atoms. The van der Waals surface area contributed by atoms with Crippen molar-refractivity contribution >= 4 is 11.0 Å². The first-order valence-corrected chi connectivity index (χ1v) is 7.19. The lowest BCUT2D eigenvalue weighted by molar-refractivity contribution is 0.675. The highest BCUT2D eigenvalue weighted by molar-refractivity contribution is 5.81. The smallest absolute Gasteiger partial charge is 0.141 e. The van der Waals surface area contributed by atoms with Gasteiger partial charge in [-0.05, 0) is 31.0 Å². The number of benzene rings is 2. The normalized spacial score (nSPS) is 10.7. The van der Waals surface area contributed by atoms with Crippen molar-refractivity contribution in [2.45, 2.75) is 26.3 Å². The van der Waals surface area contributed by atoms with Gasteiger partial charge in [0.1, 0.15) is 5.82 Å². The number of nitriles is 1. The fourth-order valence-corrected chi connectivity index (χ4v) is 2.65. The Morgan fingerprint density at radius 3 is 2.67 bits per heavy atom. The van der Waals surface area contributed by atoms with Gasteiger partial charge in [0.2, 0.25) is 0 Å². The molecule has 3 nitrogen and oxygen atoms in total. The summed E-state index contributed by atoms with van der Waals surface area (Å²) in [7, 11) is 0. The summed E-state index contributed by atoms with van der Waals surface area (Å²) in [6.45, 7) is 2.92. The number of aryl methyl sites for hydroxylation is 2. The van der Waals surface area contributed by atoms with E-state index in [9.17, 15) is 0 Å². The second kappa shape index (κ2) is 5.80. The molecule has 2 aromatic carbocycles. The van der Waals surface area contributed by atoms with Crippen LogP contribution in [0.3, 0.4) is 0 Å². The molecule has 104 valence electrons. The van der Waals surface area contributed by atoms with Crippen molar-refractivity contribution in [3.63, 3.8) is 0 Å². The van der Waals surface area contributed by atoms with Gasteiger partial charge in [0.25, 0.3) is 0 Å². The lowest BCUT2D eigenvalue weighted by Gasteiger charge is -2.10. The number of unbranched alkanes of at least 4 members (excludes halogenated alkanes) is 1. The molecule has 0 aliphatic heterocycles. The summed E-state index contributed by atoms with van der Waals surface area (Å²) in [4.78, 5) is 4.80. The quantitative estimate of drug-likeness (QED) is 0.665. The van der Waals surface area contributed by atoms with Gasteiger partial charge in [-0.1, -0.05) is 36.4 Å². The summed E-state index contributed by atoms with van der Waals surface area (Å²) < 4.78 is 2.23. The molecule has 0 saturated carbocycles. The first kappa shape index (κ1) is 13.4. The van der Waals surface area contributed by atoms with E-state index in [0.29, 0.717) is 6.42 Å². The van der Waals surface area contributed by atoms with Crippen LogP contribution >= 0.6 is 0 Å². The monoisotopic (exact) mass is 275 g/mol. The van der Waals surface area contributed by atoms with E-state index < -0.39 is 0 Å². The lowest BCUT2D eigenvalue weighted by atomic mass is 10.1. The second-order valence-corrected chi connectivity index (χ2v) is 5.15. The van der Waals surface area contributed by atoms with E-state index >= 15 is 0 Å². The van der Waals surface area contributed by atoms with Crippen LogP contribution in [0.25, 0.3) is 22.4 Å². The topological polar surface area (TPSA) is 41.6 Å². The minimum Gasteiger partial charge on any atom is -0.324 e. The van der Waals surface area contributed by atoms with Gasteiger partial charge in [0, 0.05) is 18.5 Å². The van der Waals surface area contributed by atoms with E-state index in [1.807, 2.05) is 30.3 Å². The van der Waals surface area contributed by atoms with E-state index in [4.69, 9.17) is 10.2 Å². The van der Waals surface area contributed by atoms with Crippen LogP contribution in [-0.2, 0) is 6.54 Å². The number of aromatic nitrogens is 2. The lowest BCUT2D eigenvalue weighted by Crippen LogP contribution is -2.01. The Bertz CT molecular complexity index is 809. The molecule has 0 fully saturated rings. The highest BCUT2D eigenvalue weighted by Gasteiger charge is 2.13. The summed E-state index contributed by atoms with van der Waals surface area (Å²) in [5.41, 5.74) is 4.52. The van der Waals surface area contributed by atoms with E-state index in [2.05, 4.69) is 35.8 Å². The Kier molecular flexibility index (Phi) is 3.70. The number of hydrogen-bond donors (Lipinski definition) is 0. The summed E-state index contributed by atoms with van der Waals surface area (Å²) >= 11 is 0. The molecule has 3 aromatic rings. The van der Waals surface area contributed by atoms with Crippen molar-refractivity contribution in [2.75, 3.05) is 0 Å².